The molecule has 3 rings (SSSR count). The number of benzene rings is 1. The standard InChI is InChI=1S/C18H16F2N2O2S/c1-10-6-14(12(3)22(10)18-7-11(2)24-21-18)16(23)9-25-17-8-13(19)4-5-15(17)20/h4-8H,9H2,1-3H3. The maximum atomic E-state index is 13.7. The van der Waals surface area contributed by atoms with Gasteiger partial charge >= 0.3 is 0 Å². The van der Waals surface area contributed by atoms with Crippen LogP contribution >= 0.6 is 11.8 Å². The van der Waals surface area contributed by atoms with E-state index < -0.39 is 11.6 Å². The molecule has 0 N–H and O–H groups in total. The molecule has 1 aromatic carbocycles. The Morgan fingerprint density at radius 1 is 1.20 bits per heavy atom. The molecule has 3 aromatic rings. The molecule has 0 saturated heterocycles. The van der Waals surface area contributed by atoms with E-state index in [-0.39, 0.29) is 16.4 Å². The molecule has 25 heavy (non-hydrogen) atoms. The molecule has 2 heterocycles. The van der Waals surface area contributed by atoms with Gasteiger partial charge in [0, 0.05) is 27.9 Å². The number of Topliss-reactive ketones (excluding diaryl/α,β-unsaturated/α-hetero) is 1. The van der Waals surface area contributed by atoms with Crippen LogP contribution in [-0.4, -0.2) is 21.3 Å². The lowest BCUT2D eigenvalue weighted by Crippen LogP contribution is -2.06. The zero-order chi connectivity index (χ0) is 18.1. The molecular formula is C18H16F2N2O2S. The molecule has 0 amide bonds. The first-order chi connectivity index (χ1) is 11.9. The van der Waals surface area contributed by atoms with E-state index in [0.29, 0.717) is 17.1 Å². The number of ketones is 1. The Morgan fingerprint density at radius 3 is 2.64 bits per heavy atom. The Morgan fingerprint density at radius 2 is 1.96 bits per heavy atom. The fourth-order valence-corrected chi connectivity index (χ4v) is 3.51. The van der Waals surface area contributed by atoms with Crippen LogP contribution in [-0.2, 0) is 0 Å². The summed E-state index contributed by atoms with van der Waals surface area (Å²) in [6.45, 7) is 5.48. The molecular weight excluding hydrogens is 346 g/mol. The number of hydrogen-bond donors (Lipinski definition) is 0. The van der Waals surface area contributed by atoms with Gasteiger partial charge in [0.2, 0.25) is 0 Å². The lowest BCUT2D eigenvalue weighted by Gasteiger charge is -2.06. The van der Waals surface area contributed by atoms with Gasteiger partial charge in [-0.25, -0.2) is 8.78 Å². The van der Waals surface area contributed by atoms with Crippen LogP contribution in [0.1, 0.15) is 27.5 Å². The average molecular weight is 362 g/mol. The number of hydrogen-bond acceptors (Lipinski definition) is 4. The summed E-state index contributed by atoms with van der Waals surface area (Å²) in [7, 11) is 0. The van der Waals surface area contributed by atoms with Gasteiger partial charge in [-0.2, -0.15) is 0 Å². The highest BCUT2D eigenvalue weighted by Gasteiger charge is 2.19. The number of carbonyl (C=O) groups excluding carboxylic acids is 1. The maximum Gasteiger partial charge on any atom is 0.180 e. The topological polar surface area (TPSA) is 48.0 Å². The van der Waals surface area contributed by atoms with E-state index in [1.807, 2.05) is 18.4 Å². The summed E-state index contributed by atoms with van der Waals surface area (Å²) in [5.74, 6) is 0.0671. The minimum Gasteiger partial charge on any atom is -0.360 e. The van der Waals surface area contributed by atoms with Crippen LogP contribution < -0.4 is 0 Å². The Hall–Kier alpha value is -2.41. The van der Waals surface area contributed by atoms with Gasteiger partial charge in [0.15, 0.2) is 11.6 Å². The van der Waals surface area contributed by atoms with Crippen molar-refractivity contribution in [1.82, 2.24) is 9.72 Å². The van der Waals surface area contributed by atoms with Gasteiger partial charge in [-0.05, 0) is 45.0 Å². The van der Waals surface area contributed by atoms with Crippen molar-refractivity contribution in [3.8, 4) is 5.82 Å². The van der Waals surface area contributed by atoms with Gasteiger partial charge in [0.05, 0.1) is 5.75 Å². The fraction of sp³-hybridized carbons (Fsp3) is 0.222. The number of aromatic nitrogens is 2. The van der Waals surface area contributed by atoms with Gasteiger partial charge in [0.1, 0.15) is 17.4 Å². The van der Waals surface area contributed by atoms with Crippen LogP contribution in [0.2, 0.25) is 0 Å². The summed E-state index contributed by atoms with van der Waals surface area (Å²) in [5, 5.41) is 3.98. The number of aryl methyl sites for hydroxylation is 2. The highest BCUT2D eigenvalue weighted by Crippen LogP contribution is 2.26. The SMILES string of the molecule is Cc1cc(-n2c(C)cc(C(=O)CSc3cc(F)ccc3F)c2C)no1. The molecule has 4 nitrogen and oxygen atoms in total. The van der Waals surface area contributed by atoms with Gasteiger partial charge in [-0.1, -0.05) is 5.16 Å². The molecule has 0 radical (unpaired) electrons. The third-order valence-electron chi connectivity index (χ3n) is 3.83. The smallest absolute Gasteiger partial charge is 0.180 e. The largest absolute Gasteiger partial charge is 0.360 e. The number of nitrogens with zero attached hydrogens (tertiary/aromatic N) is 2. The second-order valence-electron chi connectivity index (χ2n) is 5.70. The predicted octanol–water partition coefficient (Wildman–Crippen LogP) is 4.64. The van der Waals surface area contributed by atoms with E-state index in [0.717, 1.165) is 41.3 Å². The summed E-state index contributed by atoms with van der Waals surface area (Å²) >= 11 is 0.980. The van der Waals surface area contributed by atoms with Crippen LogP contribution in [0.3, 0.4) is 0 Å². The summed E-state index contributed by atoms with van der Waals surface area (Å²) in [4.78, 5) is 12.7. The van der Waals surface area contributed by atoms with Crippen molar-refractivity contribution in [1.29, 1.82) is 0 Å². The van der Waals surface area contributed by atoms with Gasteiger partial charge < -0.3 is 4.52 Å². The number of halogens is 2. The molecule has 0 bridgehead atoms. The van der Waals surface area contributed by atoms with E-state index >= 15 is 0 Å². The molecule has 0 saturated carbocycles. The van der Waals surface area contributed by atoms with E-state index in [2.05, 4.69) is 5.16 Å². The second-order valence-corrected chi connectivity index (χ2v) is 6.72. The molecule has 0 atom stereocenters. The Bertz CT molecular complexity index is 947. The highest BCUT2D eigenvalue weighted by atomic mass is 32.2. The summed E-state index contributed by atoms with van der Waals surface area (Å²) < 4.78 is 33.8. The Balaban J connectivity index is 1.82. The van der Waals surface area contributed by atoms with E-state index in [1.165, 1.54) is 0 Å². The third-order valence-corrected chi connectivity index (χ3v) is 4.86. The summed E-state index contributed by atoms with van der Waals surface area (Å²) in [6, 6.07) is 6.75. The molecule has 0 fully saturated rings. The predicted molar refractivity (Wildman–Crippen MR) is 91.5 cm³/mol. The minimum atomic E-state index is -0.539. The average Bonchev–Trinajstić information content (AvgIpc) is 3.11. The Kier molecular flexibility index (Phi) is 4.76. The molecule has 0 aliphatic carbocycles. The molecule has 0 spiro atoms. The van der Waals surface area contributed by atoms with Crippen molar-refractivity contribution in [2.45, 2.75) is 25.7 Å². The highest BCUT2D eigenvalue weighted by molar-refractivity contribution is 8.00. The van der Waals surface area contributed by atoms with Gasteiger partial charge in [-0.15, -0.1) is 11.8 Å². The monoisotopic (exact) mass is 362 g/mol. The number of carbonyl (C=O) groups is 1. The molecule has 7 heteroatoms. The molecule has 2 aromatic heterocycles. The van der Waals surface area contributed by atoms with Crippen molar-refractivity contribution in [3.63, 3.8) is 0 Å². The summed E-state index contributed by atoms with van der Waals surface area (Å²) in [5.41, 5.74) is 2.11. The van der Waals surface area contributed by atoms with Crippen molar-refractivity contribution in [2.75, 3.05) is 5.75 Å². The van der Waals surface area contributed by atoms with Crippen molar-refractivity contribution in [3.05, 3.63) is 64.7 Å². The molecule has 130 valence electrons. The zero-order valence-electron chi connectivity index (χ0n) is 14.0. The summed E-state index contributed by atoms with van der Waals surface area (Å²) in [6.07, 6.45) is 0. The maximum absolute atomic E-state index is 13.7. The quantitative estimate of drug-likeness (QED) is 0.490. The van der Waals surface area contributed by atoms with Crippen LogP contribution in [0.5, 0.6) is 0 Å². The number of rotatable bonds is 5. The number of thioether (sulfide) groups is 1. The van der Waals surface area contributed by atoms with E-state index in [9.17, 15) is 13.6 Å². The minimum absolute atomic E-state index is 0.0164. The first-order valence-electron chi connectivity index (χ1n) is 7.60. The molecule has 0 unspecified atom stereocenters. The lowest BCUT2D eigenvalue weighted by molar-refractivity contribution is 0.102. The zero-order valence-corrected chi connectivity index (χ0v) is 14.8. The van der Waals surface area contributed by atoms with Crippen LogP contribution in [0.4, 0.5) is 8.78 Å². The third kappa shape index (κ3) is 3.51. The van der Waals surface area contributed by atoms with Crippen molar-refractivity contribution < 1.29 is 18.1 Å². The Labute approximate surface area is 147 Å². The van der Waals surface area contributed by atoms with Crippen LogP contribution in [0.25, 0.3) is 5.82 Å². The van der Waals surface area contributed by atoms with E-state index in [4.69, 9.17) is 4.52 Å². The fourth-order valence-electron chi connectivity index (χ4n) is 2.67. The second kappa shape index (κ2) is 6.84. The molecule has 0 aliphatic rings. The lowest BCUT2D eigenvalue weighted by atomic mass is 10.2. The van der Waals surface area contributed by atoms with Gasteiger partial charge in [0.25, 0.3) is 0 Å². The van der Waals surface area contributed by atoms with Crippen molar-refractivity contribution >= 4 is 17.5 Å². The molecule has 0 aliphatic heterocycles. The first-order valence-corrected chi connectivity index (χ1v) is 8.59. The first kappa shape index (κ1) is 17.4. The van der Waals surface area contributed by atoms with Gasteiger partial charge in [-0.3, -0.25) is 9.36 Å². The normalized spacial score (nSPS) is 11.1. The van der Waals surface area contributed by atoms with Crippen LogP contribution in [0, 0.1) is 32.4 Å². The van der Waals surface area contributed by atoms with Crippen LogP contribution in [0.15, 0.2) is 39.8 Å². The van der Waals surface area contributed by atoms with Crippen molar-refractivity contribution in [2.24, 2.45) is 0 Å². The van der Waals surface area contributed by atoms with E-state index in [1.54, 1.807) is 19.1 Å².